The fourth-order valence-corrected chi connectivity index (χ4v) is 1.91. The number of Topliss-reactive ketones (excluding diaryl/α,β-unsaturated/α-hetero) is 1. The van der Waals surface area contributed by atoms with Crippen LogP contribution in [0.25, 0.3) is 0 Å². The lowest BCUT2D eigenvalue weighted by Gasteiger charge is -2.26. The normalized spacial score (nSPS) is 16.4. The second kappa shape index (κ2) is 6.37. The van der Waals surface area contributed by atoms with Crippen molar-refractivity contribution in [2.75, 3.05) is 6.54 Å². The van der Waals surface area contributed by atoms with Gasteiger partial charge in [-0.25, -0.2) is 4.79 Å². The highest BCUT2D eigenvalue weighted by Crippen LogP contribution is 2.21. The number of allylic oxidation sites excluding steroid dienone is 2. The van der Waals surface area contributed by atoms with Crippen molar-refractivity contribution in [3.8, 4) is 0 Å². The smallest absolute Gasteiger partial charge is 0.338 e. The van der Waals surface area contributed by atoms with Crippen molar-refractivity contribution in [2.45, 2.75) is 19.1 Å². The summed E-state index contributed by atoms with van der Waals surface area (Å²) in [5.74, 6) is -3.49. The van der Waals surface area contributed by atoms with E-state index in [0.717, 1.165) is 0 Å². The monoisotopic (exact) mass is 287 g/mol. The van der Waals surface area contributed by atoms with Crippen LogP contribution in [0.3, 0.4) is 0 Å². The van der Waals surface area contributed by atoms with Crippen LogP contribution in [0.2, 0.25) is 0 Å². The van der Waals surface area contributed by atoms with E-state index in [1.165, 1.54) is 0 Å². The molecule has 2 N–H and O–H groups in total. The van der Waals surface area contributed by atoms with E-state index < -0.39 is 17.5 Å². The minimum atomic E-state index is -2.15. The van der Waals surface area contributed by atoms with Gasteiger partial charge in [0, 0.05) is 18.5 Å². The van der Waals surface area contributed by atoms with Crippen LogP contribution in [0.5, 0.6) is 0 Å². The molecule has 0 radical (unpaired) electrons. The average molecular weight is 287 g/mol. The molecule has 0 amide bonds. The lowest BCUT2D eigenvalue weighted by molar-refractivity contribution is -0.186. The van der Waals surface area contributed by atoms with Crippen LogP contribution in [0, 0.1) is 0 Å². The number of nitrogens with one attached hydrogen (secondary N) is 1. The maximum Gasteiger partial charge on any atom is 0.338 e. The molecule has 0 bridgehead atoms. The standard InChI is InChI=1S/C16H17NO4/c1-2-16(20,14(18)12-7-4-3-5-8-12)21-15(19)13-9-6-10-17-11-13/h3-10,17,20H,2,11H2,1H3/t16-/m0/s1. The van der Waals surface area contributed by atoms with Gasteiger partial charge in [0.25, 0.3) is 5.79 Å². The highest BCUT2D eigenvalue weighted by Gasteiger charge is 2.39. The fourth-order valence-electron chi connectivity index (χ4n) is 1.91. The highest BCUT2D eigenvalue weighted by molar-refractivity contribution is 6.03. The van der Waals surface area contributed by atoms with Crippen molar-refractivity contribution in [1.29, 1.82) is 0 Å². The van der Waals surface area contributed by atoms with E-state index in [2.05, 4.69) is 5.32 Å². The molecule has 1 aliphatic heterocycles. The van der Waals surface area contributed by atoms with E-state index in [0.29, 0.717) is 17.7 Å². The van der Waals surface area contributed by atoms with Gasteiger partial charge in [-0.2, -0.15) is 0 Å². The molecule has 0 fully saturated rings. The Morgan fingerprint density at radius 1 is 1.33 bits per heavy atom. The number of rotatable bonds is 5. The van der Waals surface area contributed by atoms with Gasteiger partial charge >= 0.3 is 5.97 Å². The van der Waals surface area contributed by atoms with Crippen LogP contribution in [-0.2, 0) is 9.53 Å². The van der Waals surface area contributed by atoms with Crippen LogP contribution < -0.4 is 5.32 Å². The molecule has 5 heteroatoms. The summed E-state index contributed by atoms with van der Waals surface area (Å²) in [7, 11) is 0. The summed E-state index contributed by atoms with van der Waals surface area (Å²) in [6.45, 7) is 1.89. The van der Waals surface area contributed by atoms with Crippen LogP contribution >= 0.6 is 0 Å². The summed E-state index contributed by atoms with van der Waals surface area (Å²) in [4.78, 5) is 24.4. The van der Waals surface area contributed by atoms with Crippen molar-refractivity contribution in [3.05, 3.63) is 59.8 Å². The molecular formula is C16H17NO4. The predicted octanol–water partition coefficient (Wildman–Crippen LogP) is 1.55. The SMILES string of the molecule is CC[C@](O)(OC(=O)C1=CC=CNC1)C(=O)c1ccccc1. The fraction of sp³-hybridized carbons (Fsp3) is 0.250. The minimum Gasteiger partial charge on any atom is -0.422 e. The average Bonchev–Trinajstić information content (AvgIpc) is 2.55. The Labute approximate surface area is 122 Å². The first-order valence-electron chi connectivity index (χ1n) is 6.71. The molecule has 0 spiro atoms. The number of aliphatic hydroxyl groups is 1. The zero-order valence-electron chi connectivity index (χ0n) is 11.7. The lowest BCUT2D eigenvalue weighted by Crippen LogP contribution is -2.43. The van der Waals surface area contributed by atoms with E-state index in [1.54, 1.807) is 55.6 Å². The lowest BCUT2D eigenvalue weighted by atomic mass is 10.0. The maximum absolute atomic E-state index is 12.3. The zero-order chi connectivity index (χ0) is 15.3. The topological polar surface area (TPSA) is 75.6 Å². The van der Waals surface area contributed by atoms with Gasteiger partial charge in [0.05, 0.1) is 5.57 Å². The molecule has 1 aromatic rings. The van der Waals surface area contributed by atoms with Gasteiger partial charge in [-0.3, -0.25) is 4.79 Å². The zero-order valence-corrected chi connectivity index (χ0v) is 11.7. The van der Waals surface area contributed by atoms with E-state index in [-0.39, 0.29) is 6.42 Å². The molecule has 21 heavy (non-hydrogen) atoms. The number of dihydropyridines is 1. The maximum atomic E-state index is 12.3. The molecule has 1 aromatic carbocycles. The largest absolute Gasteiger partial charge is 0.422 e. The molecular weight excluding hydrogens is 270 g/mol. The second-order valence-electron chi connectivity index (χ2n) is 4.65. The third-order valence-electron chi connectivity index (χ3n) is 3.20. The molecule has 1 heterocycles. The van der Waals surface area contributed by atoms with Gasteiger partial charge in [0.2, 0.25) is 5.78 Å². The van der Waals surface area contributed by atoms with Crippen molar-refractivity contribution >= 4 is 11.8 Å². The Hall–Kier alpha value is -2.40. The molecule has 1 atom stereocenters. The Kier molecular flexibility index (Phi) is 4.55. The number of carbonyl (C=O) groups is 2. The third kappa shape index (κ3) is 3.38. The quantitative estimate of drug-likeness (QED) is 0.488. The number of benzene rings is 1. The summed E-state index contributed by atoms with van der Waals surface area (Å²) in [6.07, 6.45) is 4.91. The number of hydrogen-bond acceptors (Lipinski definition) is 5. The number of esters is 1. The number of hydrogen-bond donors (Lipinski definition) is 2. The summed E-state index contributed by atoms with van der Waals surface area (Å²) in [5.41, 5.74) is 0.649. The van der Waals surface area contributed by atoms with Crippen molar-refractivity contribution in [2.24, 2.45) is 0 Å². The summed E-state index contributed by atoms with van der Waals surface area (Å²) >= 11 is 0. The number of ether oxygens (including phenoxy) is 1. The van der Waals surface area contributed by atoms with Crippen molar-refractivity contribution in [1.82, 2.24) is 5.32 Å². The molecule has 0 aliphatic carbocycles. The Bertz CT molecular complexity index is 592. The van der Waals surface area contributed by atoms with Gasteiger partial charge in [0.15, 0.2) is 0 Å². The van der Waals surface area contributed by atoms with Gasteiger partial charge in [-0.15, -0.1) is 0 Å². The molecule has 0 saturated heterocycles. The van der Waals surface area contributed by atoms with E-state index in [9.17, 15) is 14.7 Å². The van der Waals surface area contributed by atoms with E-state index in [4.69, 9.17) is 4.74 Å². The van der Waals surface area contributed by atoms with Crippen LogP contribution in [0.1, 0.15) is 23.7 Å². The molecule has 0 saturated carbocycles. The first kappa shape index (κ1) is 15.0. The highest BCUT2D eigenvalue weighted by atomic mass is 16.7. The first-order chi connectivity index (χ1) is 10.1. The Morgan fingerprint density at radius 2 is 2.05 bits per heavy atom. The van der Waals surface area contributed by atoms with Gasteiger partial charge in [-0.1, -0.05) is 37.3 Å². The molecule has 0 unspecified atom stereocenters. The van der Waals surface area contributed by atoms with Crippen LogP contribution in [0.4, 0.5) is 0 Å². The molecule has 5 nitrogen and oxygen atoms in total. The van der Waals surface area contributed by atoms with Crippen molar-refractivity contribution in [3.63, 3.8) is 0 Å². The Morgan fingerprint density at radius 3 is 2.62 bits per heavy atom. The minimum absolute atomic E-state index is 0.0248. The summed E-state index contributed by atoms with van der Waals surface area (Å²) in [5, 5.41) is 13.2. The van der Waals surface area contributed by atoms with Gasteiger partial charge in [0.1, 0.15) is 0 Å². The summed E-state index contributed by atoms with van der Waals surface area (Å²) in [6, 6.07) is 8.27. The van der Waals surface area contributed by atoms with E-state index in [1.807, 2.05) is 0 Å². The summed E-state index contributed by atoms with van der Waals surface area (Å²) < 4.78 is 5.07. The van der Waals surface area contributed by atoms with E-state index >= 15 is 0 Å². The first-order valence-corrected chi connectivity index (χ1v) is 6.71. The second-order valence-corrected chi connectivity index (χ2v) is 4.65. The third-order valence-corrected chi connectivity index (χ3v) is 3.20. The number of carbonyl (C=O) groups excluding carboxylic acids is 2. The van der Waals surface area contributed by atoms with Gasteiger partial charge in [-0.05, 0) is 18.4 Å². The number of ketones is 1. The van der Waals surface area contributed by atoms with Gasteiger partial charge < -0.3 is 15.2 Å². The molecule has 2 rings (SSSR count). The molecule has 0 aromatic heterocycles. The van der Waals surface area contributed by atoms with Crippen molar-refractivity contribution < 1.29 is 19.4 Å². The Balaban J connectivity index is 2.17. The van der Waals surface area contributed by atoms with Crippen LogP contribution in [-0.4, -0.2) is 29.2 Å². The molecule has 110 valence electrons. The molecule has 1 aliphatic rings. The van der Waals surface area contributed by atoms with Crippen LogP contribution in [0.15, 0.2) is 54.3 Å². The predicted molar refractivity (Wildman–Crippen MR) is 77.3 cm³/mol.